The van der Waals surface area contributed by atoms with Crippen LogP contribution in [0.25, 0.3) is 5.69 Å². The SMILES string of the molecule is COCCOc1ccc(N2C(=S)N[C@@H](c3ccccn3)[C@@H]2c2cccn2-c2ccc(C)cc2)cc1Cl. The summed E-state index contributed by atoms with van der Waals surface area (Å²) in [4.78, 5) is 6.77. The lowest BCUT2D eigenvalue weighted by atomic mass is 10.0. The van der Waals surface area contributed by atoms with Gasteiger partial charge < -0.3 is 24.3 Å². The molecule has 4 aromatic rings. The second-order valence-corrected chi connectivity index (χ2v) is 9.39. The van der Waals surface area contributed by atoms with Crippen molar-refractivity contribution in [3.63, 3.8) is 0 Å². The number of aryl methyl sites for hydroxylation is 1. The minimum atomic E-state index is -0.167. The molecular formula is C28H27ClN4O2S. The molecule has 2 aromatic carbocycles. The van der Waals surface area contributed by atoms with Crippen molar-refractivity contribution in [1.29, 1.82) is 0 Å². The predicted octanol–water partition coefficient (Wildman–Crippen LogP) is 6.04. The molecule has 184 valence electrons. The minimum absolute atomic E-state index is 0.158. The lowest BCUT2D eigenvalue weighted by Gasteiger charge is -2.29. The number of rotatable bonds is 8. The van der Waals surface area contributed by atoms with Crippen molar-refractivity contribution in [2.75, 3.05) is 25.2 Å². The Hall–Kier alpha value is -3.39. The number of thiocarbonyl (C=S) groups is 1. The molecule has 2 atom stereocenters. The third kappa shape index (κ3) is 4.82. The van der Waals surface area contributed by atoms with Crippen LogP contribution >= 0.6 is 23.8 Å². The quantitative estimate of drug-likeness (QED) is 0.227. The van der Waals surface area contributed by atoms with Crippen LogP contribution in [0.3, 0.4) is 0 Å². The molecule has 0 radical (unpaired) electrons. The van der Waals surface area contributed by atoms with Crippen molar-refractivity contribution in [1.82, 2.24) is 14.9 Å². The van der Waals surface area contributed by atoms with Crippen LogP contribution in [0.15, 0.2) is 85.2 Å². The number of halogens is 1. The normalized spacial score (nSPS) is 17.3. The fourth-order valence-corrected chi connectivity index (χ4v) is 5.08. The summed E-state index contributed by atoms with van der Waals surface area (Å²) in [5, 5.41) is 4.63. The summed E-state index contributed by atoms with van der Waals surface area (Å²) in [5.74, 6) is 0.608. The van der Waals surface area contributed by atoms with Crippen LogP contribution in [0.2, 0.25) is 5.02 Å². The van der Waals surface area contributed by atoms with Gasteiger partial charge in [-0.1, -0.05) is 35.4 Å². The topological polar surface area (TPSA) is 51.6 Å². The van der Waals surface area contributed by atoms with E-state index in [0.29, 0.717) is 29.1 Å². The number of nitrogens with one attached hydrogen (secondary N) is 1. The largest absolute Gasteiger partial charge is 0.490 e. The van der Waals surface area contributed by atoms with E-state index in [-0.39, 0.29) is 12.1 Å². The highest BCUT2D eigenvalue weighted by atomic mass is 35.5. The maximum atomic E-state index is 6.63. The first-order valence-electron chi connectivity index (χ1n) is 11.7. The van der Waals surface area contributed by atoms with E-state index in [0.717, 1.165) is 22.8 Å². The molecule has 6 nitrogen and oxygen atoms in total. The van der Waals surface area contributed by atoms with Gasteiger partial charge in [-0.25, -0.2) is 0 Å². The van der Waals surface area contributed by atoms with Crippen molar-refractivity contribution >= 4 is 34.6 Å². The number of ether oxygens (including phenoxy) is 2. The molecule has 1 aliphatic heterocycles. The maximum absolute atomic E-state index is 6.63. The Bertz CT molecular complexity index is 1340. The summed E-state index contributed by atoms with van der Waals surface area (Å²) in [6, 6.07) is 24.0. The smallest absolute Gasteiger partial charge is 0.174 e. The molecule has 0 amide bonds. The zero-order valence-electron chi connectivity index (χ0n) is 20.1. The maximum Gasteiger partial charge on any atom is 0.174 e. The van der Waals surface area contributed by atoms with E-state index in [9.17, 15) is 0 Å². The van der Waals surface area contributed by atoms with Gasteiger partial charge in [0.2, 0.25) is 0 Å². The van der Waals surface area contributed by atoms with Crippen LogP contribution in [-0.4, -0.2) is 35.0 Å². The van der Waals surface area contributed by atoms with Gasteiger partial charge in [-0.05, 0) is 73.7 Å². The number of anilines is 1. The third-order valence-electron chi connectivity index (χ3n) is 6.23. The van der Waals surface area contributed by atoms with Gasteiger partial charge in [-0.15, -0.1) is 0 Å². The van der Waals surface area contributed by atoms with Crippen LogP contribution in [0, 0.1) is 6.92 Å². The van der Waals surface area contributed by atoms with Crippen LogP contribution < -0.4 is 15.0 Å². The van der Waals surface area contributed by atoms with Gasteiger partial charge in [0.05, 0.1) is 23.4 Å². The average Bonchev–Trinajstić information content (AvgIpc) is 3.50. The van der Waals surface area contributed by atoms with Gasteiger partial charge in [0.25, 0.3) is 0 Å². The van der Waals surface area contributed by atoms with E-state index in [4.69, 9.17) is 33.3 Å². The van der Waals surface area contributed by atoms with E-state index in [2.05, 4.69) is 69.3 Å². The zero-order valence-corrected chi connectivity index (χ0v) is 21.7. The summed E-state index contributed by atoms with van der Waals surface area (Å²) in [6.45, 7) is 3.00. The third-order valence-corrected chi connectivity index (χ3v) is 6.84. The molecule has 36 heavy (non-hydrogen) atoms. The van der Waals surface area contributed by atoms with Crippen molar-refractivity contribution in [2.24, 2.45) is 0 Å². The van der Waals surface area contributed by atoms with Crippen LogP contribution in [0.4, 0.5) is 5.69 Å². The lowest BCUT2D eigenvalue weighted by molar-refractivity contribution is 0.146. The van der Waals surface area contributed by atoms with E-state index in [1.807, 2.05) is 42.6 Å². The van der Waals surface area contributed by atoms with Gasteiger partial charge >= 0.3 is 0 Å². The molecule has 1 saturated heterocycles. The standard InChI is InChI=1S/C28H27ClN4O2S/c1-19-8-10-20(11-9-19)32-15-5-7-24(32)27-26(23-6-3-4-14-30-23)31-28(36)33(27)21-12-13-25(22(29)18-21)35-17-16-34-2/h3-15,18,26-27H,16-17H2,1-2H3,(H,31,36)/t26-,27-/m0/s1. The van der Waals surface area contributed by atoms with Gasteiger partial charge in [0.15, 0.2) is 5.11 Å². The summed E-state index contributed by atoms with van der Waals surface area (Å²) in [7, 11) is 1.64. The van der Waals surface area contributed by atoms with Crippen LogP contribution in [0.1, 0.15) is 29.0 Å². The number of methoxy groups -OCH3 is 1. The Morgan fingerprint density at radius 2 is 1.81 bits per heavy atom. The number of pyridine rings is 1. The molecule has 8 heteroatoms. The fraction of sp³-hybridized carbons (Fsp3) is 0.214. The average molecular weight is 519 g/mol. The molecule has 0 unspecified atom stereocenters. The van der Waals surface area contributed by atoms with E-state index in [1.54, 1.807) is 7.11 Å². The number of hydrogen-bond acceptors (Lipinski definition) is 4. The van der Waals surface area contributed by atoms with Crippen molar-refractivity contribution in [3.05, 3.63) is 107 Å². The molecule has 2 aromatic heterocycles. The predicted molar refractivity (Wildman–Crippen MR) is 147 cm³/mol. The number of hydrogen-bond donors (Lipinski definition) is 1. The Balaban J connectivity index is 1.58. The van der Waals surface area contributed by atoms with Gasteiger partial charge in [-0.2, -0.15) is 0 Å². The van der Waals surface area contributed by atoms with Gasteiger partial charge in [0.1, 0.15) is 18.4 Å². The molecule has 0 bridgehead atoms. The Kier molecular flexibility index (Phi) is 7.23. The van der Waals surface area contributed by atoms with Gasteiger partial charge in [-0.3, -0.25) is 4.98 Å². The summed E-state index contributed by atoms with van der Waals surface area (Å²) >= 11 is 12.5. The Labute approximate surface area is 221 Å². The molecule has 5 rings (SSSR count). The zero-order chi connectivity index (χ0) is 25.1. The minimum Gasteiger partial charge on any atom is -0.490 e. The molecule has 0 spiro atoms. The first kappa shape index (κ1) is 24.3. The number of nitrogens with zero attached hydrogens (tertiary/aromatic N) is 3. The van der Waals surface area contributed by atoms with Crippen LogP contribution in [0.5, 0.6) is 5.75 Å². The second-order valence-electron chi connectivity index (χ2n) is 8.59. The van der Waals surface area contributed by atoms with E-state index >= 15 is 0 Å². The van der Waals surface area contributed by atoms with Crippen molar-refractivity contribution in [2.45, 2.75) is 19.0 Å². The first-order chi connectivity index (χ1) is 17.6. The molecule has 0 aliphatic carbocycles. The second kappa shape index (κ2) is 10.7. The van der Waals surface area contributed by atoms with E-state index < -0.39 is 0 Å². The van der Waals surface area contributed by atoms with Crippen LogP contribution in [-0.2, 0) is 4.74 Å². The highest BCUT2D eigenvalue weighted by molar-refractivity contribution is 7.80. The Morgan fingerprint density at radius 1 is 1.00 bits per heavy atom. The molecule has 0 saturated carbocycles. The molecule has 1 N–H and O–H groups in total. The Morgan fingerprint density at radius 3 is 2.53 bits per heavy atom. The lowest BCUT2D eigenvalue weighted by Crippen LogP contribution is -2.30. The molecule has 3 heterocycles. The summed E-state index contributed by atoms with van der Waals surface area (Å²) < 4.78 is 13.0. The molecule has 1 aliphatic rings. The highest BCUT2D eigenvalue weighted by Gasteiger charge is 2.42. The molecular weight excluding hydrogens is 492 g/mol. The first-order valence-corrected chi connectivity index (χ1v) is 12.5. The highest BCUT2D eigenvalue weighted by Crippen LogP contribution is 2.43. The van der Waals surface area contributed by atoms with Gasteiger partial charge in [0, 0.05) is 36.6 Å². The van der Waals surface area contributed by atoms with E-state index in [1.165, 1.54) is 5.56 Å². The summed E-state index contributed by atoms with van der Waals surface area (Å²) in [5.41, 5.74) is 5.16. The molecule has 1 fully saturated rings. The summed E-state index contributed by atoms with van der Waals surface area (Å²) in [6.07, 6.45) is 3.89. The number of aromatic nitrogens is 2. The van der Waals surface area contributed by atoms with Crippen molar-refractivity contribution in [3.8, 4) is 11.4 Å². The number of benzene rings is 2. The fourth-order valence-electron chi connectivity index (χ4n) is 4.50. The van der Waals surface area contributed by atoms with Crippen molar-refractivity contribution < 1.29 is 9.47 Å². The monoisotopic (exact) mass is 518 g/mol.